The second-order valence-corrected chi connectivity index (χ2v) is 8.67. The maximum atomic E-state index is 13.2. The molecule has 0 aliphatic carbocycles. The van der Waals surface area contributed by atoms with Gasteiger partial charge in [-0.3, -0.25) is 9.69 Å². The molecule has 0 saturated carbocycles. The van der Waals surface area contributed by atoms with Crippen LogP contribution in [-0.4, -0.2) is 24.0 Å². The Kier molecular flexibility index (Phi) is 6.09. The van der Waals surface area contributed by atoms with E-state index in [0.29, 0.717) is 11.4 Å². The Labute approximate surface area is 185 Å². The van der Waals surface area contributed by atoms with E-state index in [1.54, 1.807) is 19.9 Å². The molecule has 1 atom stereocenters. The highest BCUT2D eigenvalue weighted by Crippen LogP contribution is 2.35. The van der Waals surface area contributed by atoms with E-state index < -0.39 is 11.5 Å². The minimum Gasteiger partial charge on any atom is -0.464 e. The van der Waals surface area contributed by atoms with Crippen molar-refractivity contribution in [3.05, 3.63) is 67.4 Å². The van der Waals surface area contributed by atoms with Gasteiger partial charge in [0.1, 0.15) is 5.70 Å². The van der Waals surface area contributed by atoms with Crippen LogP contribution in [0.25, 0.3) is 0 Å². The number of halogens is 2. The Balaban J connectivity index is 1.99. The predicted octanol–water partition coefficient (Wildman–Crippen LogP) is 4.56. The number of esters is 1. The standard InChI is InChI=1S/C20H18I2N2O3/c1-3-27-19(26)20(2)12-17(23-15-8-4-13(21)5-9-15)18(25)24(20)16-10-6-14(22)7-11-16/h4-12,23H,3H2,1-2H3/t20-/m1/s1. The number of amides is 1. The van der Waals surface area contributed by atoms with E-state index in [-0.39, 0.29) is 12.5 Å². The minimum atomic E-state index is -1.22. The highest BCUT2D eigenvalue weighted by Gasteiger charge is 2.49. The predicted molar refractivity (Wildman–Crippen MR) is 123 cm³/mol. The molecule has 0 radical (unpaired) electrons. The lowest BCUT2D eigenvalue weighted by molar-refractivity contribution is -0.147. The molecule has 0 bridgehead atoms. The van der Waals surface area contributed by atoms with Gasteiger partial charge in [-0.1, -0.05) is 0 Å². The SMILES string of the molecule is CCOC(=O)[C@@]1(C)C=C(Nc2ccc(I)cc2)C(=O)N1c1ccc(I)cc1. The van der Waals surface area contributed by atoms with Crippen LogP contribution < -0.4 is 10.2 Å². The second kappa shape index (κ2) is 8.17. The second-order valence-electron chi connectivity index (χ2n) is 6.17. The first-order chi connectivity index (χ1) is 12.8. The summed E-state index contributed by atoms with van der Waals surface area (Å²) in [4.78, 5) is 27.4. The van der Waals surface area contributed by atoms with Crippen molar-refractivity contribution < 1.29 is 14.3 Å². The summed E-state index contributed by atoms with van der Waals surface area (Å²) in [6, 6.07) is 15.2. The van der Waals surface area contributed by atoms with Crippen LogP contribution in [0.5, 0.6) is 0 Å². The maximum Gasteiger partial charge on any atom is 0.336 e. The molecule has 2 aromatic rings. The number of carbonyl (C=O) groups excluding carboxylic acids is 2. The summed E-state index contributed by atoms with van der Waals surface area (Å²) < 4.78 is 7.41. The molecule has 0 unspecified atom stereocenters. The molecule has 1 heterocycles. The van der Waals surface area contributed by atoms with Crippen molar-refractivity contribution in [1.29, 1.82) is 0 Å². The van der Waals surface area contributed by atoms with Crippen LogP contribution in [0.2, 0.25) is 0 Å². The van der Waals surface area contributed by atoms with E-state index in [1.165, 1.54) is 4.90 Å². The average Bonchev–Trinajstić information content (AvgIpc) is 2.90. The monoisotopic (exact) mass is 588 g/mol. The van der Waals surface area contributed by atoms with Gasteiger partial charge >= 0.3 is 5.97 Å². The number of carbonyl (C=O) groups is 2. The first-order valence-corrected chi connectivity index (χ1v) is 10.5. The van der Waals surface area contributed by atoms with Crippen LogP contribution in [0.4, 0.5) is 11.4 Å². The molecule has 3 rings (SSSR count). The van der Waals surface area contributed by atoms with Gasteiger partial charge < -0.3 is 10.1 Å². The summed E-state index contributed by atoms with van der Waals surface area (Å²) in [5.41, 5.74) is 0.563. The van der Waals surface area contributed by atoms with E-state index in [9.17, 15) is 9.59 Å². The Morgan fingerprint density at radius 1 is 1.07 bits per heavy atom. The van der Waals surface area contributed by atoms with Crippen molar-refractivity contribution in [3.63, 3.8) is 0 Å². The molecular weight excluding hydrogens is 570 g/mol. The largest absolute Gasteiger partial charge is 0.464 e. The highest BCUT2D eigenvalue weighted by atomic mass is 127. The van der Waals surface area contributed by atoms with Crippen molar-refractivity contribution >= 4 is 68.4 Å². The third kappa shape index (κ3) is 4.13. The van der Waals surface area contributed by atoms with Gasteiger partial charge in [-0.25, -0.2) is 4.79 Å². The number of anilines is 2. The fourth-order valence-corrected chi connectivity index (χ4v) is 3.64. The van der Waals surface area contributed by atoms with Gasteiger partial charge in [0, 0.05) is 18.5 Å². The lowest BCUT2D eigenvalue weighted by atomic mass is 10.0. The van der Waals surface area contributed by atoms with Crippen molar-refractivity contribution in [2.24, 2.45) is 0 Å². The van der Waals surface area contributed by atoms with Gasteiger partial charge in [-0.2, -0.15) is 0 Å². The number of hydrogen-bond acceptors (Lipinski definition) is 4. The number of benzene rings is 2. The Morgan fingerprint density at radius 3 is 2.19 bits per heavy atom. The third-order valence-corrected chi connectivity index (χ3v) is 5.66. The van der Waals surface area contributed by atoms with Gasteiger partial charge in [-0.15, -0.1) is 0 Å². The maximum absolute atomic E-state index is 13.2. The van der Waals surface area contributed by atoms with Gasteiger partial charge in [0.15, 0.2) is 5.54 Å². The summed E-state index contributed by atoms with van der Waals surface area (Å²) in [5.74, 6) is -0.735. The van der Waals surface area contributed by atoms with Gasteiger partial charge in [0.2, 0.25) is 0 Å². The Bertz CT molecular complexity index is 894. The molecule has 0 aromatic heterocycles. The zero-order valence-corrected chi connectivity index (χ0v) is 19.1. The van der Waals surface area contributed by atoms with Crippen LogP contribution in [-0.2, 0) is 14.3 Å². The number of ether oxygens (including phenoxy) is 1. The smallest absolute Gasteiger partial charge is 0.336 e. The van der Waals surface area contributed by atoms with Crippen molar-refractivity contribution in [2.75, 3.05) is 16.8 Å². The lowest BCUT2D eigenvalue weighted by Gasteiger charge is -2.32. The van der Waals surface area contributed by atoms with Crippen LogP contribution in [0, 0.1) is 7.14 Å². The molecule has 7 heteroatoms. The molecule has 2 aromatic carbocycles. The first kappa shape index (κ1) is 20.1. The first-order valence-electron chi connectivity index (χ1n) is 8.38. The average molecular weight is 588 g/mol. The summed E-state index contributed by atoms with van der Waals surface area (Å²) in [6.45, 7) is 3.70. The molecule has 27 heavy (non-hydrogen) atoms. The minimum absolute atomic E-state index is 0.247. The molecule has 0 spiro atoms. The number of hydrogen-bond donors (Lipinski definition) is 1. The van der Waals surface area contributed by atoms with Crippen molar-refractivity contribution in [1.82, 2.24) is 0 Å². The summed E-state index contributed by atoms with van der Waals surface area (Å²) in [7, 11) is 0. The molecular formula is C20H18I2N2O3. The molecule has 1 aliphatic heterocycles. The highest BCUT2D eigenvalue weighted by molar-refractivity contribution is 14.1. The summed E-state index contributed by atoms with van der Waals surface area (Å²) in [5, 5.41) is 3.14. The number of nitrogens with one attached hydrogen (secondary N) is 1. The molecule has 1 aliphatic rings. The molecule has 140 valence electrons. The van der Waals surface area contributed by atoms with Gasteiger partial charge in [-0.05, 0) is 114 Å². The Morgan fingerprint density at radius 2 is 1.63 bits per heavy atom. The topological polar surface area (TPSA) is 58.6 Å². The molecule has 0 fully saturated rings. The zero-order valence-electron chi connectivity index (χ0n) is 14.8. The molecule has 1 N–H and O–H groups in total. The molecule has 5 nitrogen and oxygen atoms in total. The zero-order chi connectivity index (χ0) is 19.6. The quantitative estimate of drug-likeness (QED) is 0.412. The number of nitrogens with zero attached hydrogens (tertiary/aromatic N) is 1. The lowest BCUT2D eigenvalue weighted by Crippen LogP contribution is -2.51. The number of rotatable bonds is 5. The summed E-state index contributed by atoms with van der Waals surface area (Å²) >= 11 is 4.42. The van der Waals surface area contributed by atoms with Crippen LogP contribution in [0.15, 0.2) is 60.3 Å². The third-order valence-electron chi connectivity index (χ3n) is 4.22. The summed E-state index contributed by atoms with van der Waals surface area (Å²) in [6.07, 6.45) is 1.64. The molecule has 0 saturated heterocycles. The fraction of sp³-hybridized carbons (Fsp3) is 0.200. The van der Waals surface area contributed by atoms with Crippen LogP contribution in [0.1, 0.15) is 13.8 Å². The van der Waals surface area contributed by atoms with Crippen LogP contribution in [0.3, 0.4) is 0 Å². The van der Waals surface area contributed by atoms with Crippen LogP contribution >= 0.6 is 45.2 Å². The molecule has 1 amide bonds. The van der Waals surface area contributed by atoms with E-state index in [1.807, 2.05) is 48.5 Å². The fourth-order valence-electron chi connectivity index (χ4n) is 2.92. The van der Waals surface area contributed by atoms with Crippen molar-refractivity contribution in [3.8, 4) is 0 Å². The normalized spacial score (nSPS) is 19.0. The van der Waals surface area contributed by atoms with E-state index in [0.717, 1.165) is 12.8 Å². The van der Waals surface area contributed by atoms with E-state index in [4.69, 9.17) is 4.74 Å². The van der Waals surface area contributed by atoms with Gasteiger partial charge in [0.25, 0.3) is 5.91 Å². The van der Waals surface area contributed by atoms with Crippen molar-refractivity contribution in [2.45, 2.75) is 19.4 Å². The van der Waals surface area contributed by atoms with E-state index in [2.05, 4.69) is 50.5 Å². The Hall–Kier alpha value is -1.62. The van der Waals surface area contributed by atoms with E-state index >= 15 is 0 Å². The van der Waals surface area contributed by atoms with Gasteiger partial charge in [0.05, 0.1) is 6.61 Å².